The van der Waals surface area contributed by atoms with E-state index < -0.39 is 12.0 Å². The van der Waals surface area contributed by atoms with E-state index in [0.29, 0.717) is 11.1 Å². The van der Waals surface area contributed by atoms with Gasteiger partial charge in [-0.1, -0.05) is 28.1 Å². The van der Waals surface area contributed by atoms with Crippen LogP contribution in [0.1, 0.15) is 22.0 Å². The van der Waals surface area contributed by atoms with Gasteiger partial charge in [0.25, 0.3) is 5.91 Å². The van der Waals surface area contributed by atoms with E-state index in [4.69, 9.17) is 4.74 Å². The van der Waals surface area contributed by atoms with E-state index in [-0.39, 0.29) is 5.91 Å². The third-order valence-electron chi connectivity index (χ3n) is 2.84. The number of amides is 1. The van der Waals surface area contributed by atoms with Crippen molar-refractivity contribution in [3.8, 4) is 0 Å². The number of pyridine rings is 1. The summed E-state index contributed by atoms with van der Waals surface area (Å²) in [6, 6.07) is 9.49. The number of aromatic nitrogens is 1. The number of rotatable bonds is 4. The minimum Gasteiger partial charge on any atom is -0.467 e. The summed E-state index contributed by atoms with van der Waals surface area (Å²) in [5.41, 5.74) is 1.02. The Morgan fingerprint density at radius 3 is 2.52 bits per heavy atom. The van der Waals surface area contributed by atoms with Crippen LogP contribution in [0.3, 0.4) is 0 Å². The summed E-state index contributed by atoms with van der Waals surface area (Å²) in [7, 11) is 1.28. The van der Waals surface area contributed by atoms with Crippen molar-refractivity contribution >= 4 is 27.8 Å². The van der Waals surface area contributed by atoms with Crippen molar-refractivity contribution in [2.75, 3.05) is 7.11 Å². The monoisotopic (exact) mass is 348 g/mol. The molecule has 1 amide bonds. The lowest BCUT2D eigenvalue weighted by atomic mass is 10.1. The molecular weight excluding hydrogens is 336 g/mol. The molecule has 0 saturated carbocycles. The summed E-state index contributed by atoms with van der Waals surface area (Å²) >= 11 is 3.32. The zero-order valence-corrected chi connectivity index (χ0v) is 12.8. The van der Waals surface area contributed by atoms with E-state index in [2.05, 4.69) is 26.2 Å². The Balaban J connectivity index is 2.23. The van der Waals surface area contributed by atoms with Crippen LogP contribution in [0, 0.1) is 0 Å². The Morgan fingerprint density at radius 2 is 1.95 bits per heavy atom. The summed E-state index contributed by atoms with van der Waals surface area (Å²) in [4.78, 5) is 27.9. The first-order valence-corrected chi connectivity index (χ1v) is 6.95. The van der Waals surface area contributed by atoms with Crippen LogP contribution < -0.4 is 5.32 Å². The summed E-state index contributed by atoms with van der Waals surface area (Å²) in [6.07, 6.45) is 3.01. The Morgan fingerprint density at radius 1 is 1.24 bits per heavy atom. The van der Waals surface area contributed by atoms with Gasteiger partial charge in [-0.15, -0.1) is 0 Å². The minimum absolute atomic E-state index is 0.378. The van der Waals surface area contributed by atoms with Crippen LogP contribution in [-0.2, 0) is 9.53 Å². The number of ether oxygens (including phenoxy) is 1. The van der Waals surface area contributed by atoms with Gasteiger partial charge in [-0.25, -0.2) is 4.79 Å². The summed E-state index contributed by atoms with van der Waals surface area (Å²) in [5, 5.41) is 2.65. The van der Waals surface area contributed by atoms with Crippen LogP contribution in [0.15, 0.2) is 53.3 Å². The van der Waals surface area contributed by atoms with Gasteiger partial charge in [-0.2, -0.15) is 0 Å². The van der Waals surface area contributed by atoms with Gasteiger partial charge < -0.3 is 10.1 Å². The van der Waals surface area contributed by atoms with E-state index in [1.165, 1.54) is 13.3 Å². The van der Waals surface area contributed by atoms with Gasteiger partial charge in [0.2, 0.25) is 0 Å². The molecule has 0 aliphatic heterocycles. The third kappa shape index (κ3) is 3.88. The fourth-order valence-corrected chi connectivity index (χ4v) is 2.03. The first-order chi connectivity index (χ1) is 10.1. The molecule has 108 valence electrons. The standard InChI is InChI=1S/C15H13BrN2O3/c1-21-15(20)13(10-4-6-12(16)7-5-10)18-14(19)11-3-2-8-17-9-11/h2-9,13H,1H3,(H,18,19)/t13-/m0/s1. The van der Waals surface area contributed by atoms with Crippen molar-refractivity contribution < 1.29 is 14.3 Å². The van der Waals surface area contributed by atoms with Crippen LogP contribution in [0.5, 0.6) is 0 Å². The van der Waals surface area contributed by atoms with Gasteiger partial charge in [-0.3, -0.25) is 9.78 Å². The first-order valence-electron chi connectivity index (χ1n) is 6.16. The molecule has 0 fully saturated rings. The van der Waals surface area contributed by atoms with E-state index in [9.17, 15) is 9.59 Å². The number of halogens is 1. The molecule has 2 rings (SSSR count). The van der Waals surface area contributed by atoms with E-state index >= 15 is 0 Å². The number of nitrogens with zero attached hydrogens (tertiary/aromatic N) is 1. The number of hydrogen-bond acceptors (Lipinski definition) is 4. The number of nitrogens with one attached hydrogen (secondary N) is 1. The Bertz CT molecular complexity index is 629. The fourth-order valence-electron chi connectivity index (χ4n) is 1.76. The average Bonchev–Trinajstić information content (AvgIpc) is 2.53. The van der Waals surface area contributed by atoms with Crippen LogP contribution in [0.2, 0.25) is 0 Å². The number of benzene rings is 1. The molecule has 1 heterocycles. The molecule has 1 aromatic heterocycles. The number of hydrogen-bond donors (Lipinski definition) is 1. The summed E-state index contributed by atoms with van der Waals surface area (Å²) in [5.74, 6) is -0.920. The predicted molar refractivity (Wildman–Crippen MR) is 80.6 cm³/mol. The fraction of sp³-hybridized carbons (Fsp3) is 0.133. The van der Waals surface area contributed by atoms with E-state index in [0.717, 1.165) is 4.47 Å². The zero-order valence-electron chi connectivity index (χ0n) is 11.2. The number of esters is 1. The Labute approximate surface area is 130 Å². The lowest BCUT2D eigenvalue weighted by Crippen LogP contribution is -2.34. The largest absolute Gasteiger partial charge is 0.467 e. The molecule has 0 saturated heterocycles. The molecule has 21 heavy (non-hydrogen) atoms. The molecule has 0 spiro atoms. The second-order valence-electron chi connectivity index (χ2n) is 4.22. The van der Waals surface area contributed by atoms with E-state index in [1.807, 2.05) is 0 Å². The molecule has 1 N–H and O–H groups in total. The quantitative estimate of drug-likeness (QED) is 0.862. The van der Waals surface area contributed by atoms with Gasteiger partial charge >= 0.3 is 5.97 Å². The number of carbonyl (C=O) groups is 2. The second-order valence-corrected chi connectivity index (χ2v) is 5.14. The van der Waals surface area contributed by atoms with Crippen molar-refractivity contribution in [1.82, 2.24) is 10.3 Å². The molecule has 2 aromatic rings. The van der Waals surface area contributed by atoms with Crippen LogP contribution >= 0.6 is 15.9 Å². The normalized spacial score (nSPS) is 11.5. The van der Waals surface area contributed by atoms with Crippen molar-refractivity contribution in [2.24, 2.45) is 0 Å². The zero-order chi connectivity index (χ0) is 15.2. The van der Waals surface area contributed by atoms with Crippen LogP contribution in [0.4, 0.5) is 0 Å². The molecule has 0 aliphatic rings. The third-order valence-corrected chi connectivity index (χ3v) is 3.37. The highest BCUT2D eigenvalue weighted by atomic mass is 79.9. The highest BCUT2D eigenvalue weighted by Crippen LogP contribution is 2.18. The number of carbonyl (C=O) groups excluding carboxylic acids is 2. The SMILES string of the molecule is COC(=O)[C@@H](NC(=O)c1cccnc1)c1ccc(Br)cc1. The molecule has 0 bridgehead atoms. The van der Waals surface area contributed by atoms with Crippen LogP contribution in [-0.4, -0.2) is 24.0 Å². The van der Waals surface area contributed by atoms with Crippen molar-refractivity contribution in [1.29, 1.82) is 0 Å². The molecule has 0 aliphatic carbocycles. The predicted octanol–water partition coefficient (Wildman–Crippen LogP) is 2.49. The van der Waals surface area contributed by atoms with Gasteiger partial charge in [0.1, 0.15) is 0 Å². The first kappa shape index (κ1) is 15.2. The van der Waals surface area contributed by atoms with E-state index in [1.54, 1.807) is 42.6 Å². The maximum Gasteiger partial charge on any atom is 0.333 e. The van der Waals surface area contributed by atoms with Crippen LogP contribution in [0.25, 0.3) is 0 Å². The lowest BCUT2D eigenvalue weighted by molar-refractivity contribution is -0.143. The number of methoxy groups -OCH3 is 1. The molecule has 0 radical (unpaired) electrons. The molecule has 1 atom stereocenters. The maximum absolute atomic E-state index is 12.1. The average molecular weight is 349 g/mol. The van der Waals surface area contributed by atoms with Gasteiger partial charge in [0.05, 0.1) is 12.7 Å². The molecule has 6 heteroatoms. The lowest BCUT2D eigenvalue weighted by Gasteiger charge is -2.17. The minimum atomic E-state index is -0.865. The Kier molecular flexibility index (Phi) is 5.05. The highest BCUT2D eigenvalue weighted by molar-refractivity contribution is 9.10. The van der Waals surface area contributed by atoms with Crippen molar-refractivity contribution in [3.63, 3.8) is 0 Å². The van der Waals surface area contributed by atoms with Crippen molar-refractivity contribution in [3.05, 3.63) is 64.4 Å². The second kappa shape index (κ2) is 6.99. The Hall–Kier alpha value is -2.21. The smallest absolute Gasteiger partial charge is 0.333 e. The molecule has 0 unspecified atom stereocenters. The summed E-state index contributed by atoms with van der Waals surface area (Å²) in [6.45, 7) is 0. The van der Waals surface area contributed by atoms with Gasteiger partial charge in [0.15, 0.2) is 6.04 Å². The van der Waals surface area contributed by atoms with Gasteiger partial charge in [-0.05, 0) is 29.8 Å². The molecule has 1 aromatic carbocycles. The van der Waals surface area contributed by atoms with Crippen molar-refractivity contribution in [2.45, 2.75) is 6.04 Å². The summed E-state index contributed by atoms with van der Waals surface area (Å²) < 4.78 is 5.64. The topological polar surface area (TPSA) is 68.3 Å². The van der Waals surface area contributed by atoms with Gasteiger partial charge in [0, 0.05) is 16.9 Å². The maximum atomic E-state index is 12.1. The molecule has 5 nitrogen and oxygen atoms in total. The highest BCUT2D eigenvalue weighted by Gasteiger charge is 2.24. The molecular formula is C15H13BrN2O3.